The Morgan fingerprint density at radius 2 is 2.29 bits per heavy atom. The number of aromatic nitrogens is 2. The van der Waals surface area contributed by atoms with Crippen LogP contribution in [0, 0.1) is 0 Å². The van der Waals surface area contributed by atoms with E-state index in [1.54, 1.807) is 4.68 Å². The number of carbonyl (C=O) groups excluding carboxylic acids is 1. The van der Waals surface area contributed by atoms with Gasteiger partial charge in [0.25, 0.3) is 0 Å². The minimum absolute atomic E-state index is 0.122. The predicted octanol–water partition coefficient (Wildman–Crippen LogP) is -0.0654. The topological polar surface area (TPSA) is 90.6 Å². The van der Waals surface area contributed by atoms with Crippen molar-refractivity contribution in [3.63, 3.8) is 0 Å². The van der Waals surface area contributed by atoms with E-state index in [-0.39, 0.29) is 25.2 Å². The van der Waals surface area contributed by atoms with Gasteiger partial charge in [-0.05, 0) is 30.7 Å². The Morgan fingerprint density at radius 3 is 2.95 bits per heavy atom. The number of hydrogen-bond acceptors (Lipinski definition) is 4. The highest BCUT2D eigenvalue weighted by Gasteiger charge is 2.34. The number of urea groups is 1. The predicted molar refractivity (Wildman–Crippen MR) is 75.6 cm³/mol. The third-order valence-corrected chi connectivity index (χ3v) is 4.38. The quantitative estimate of drug-likeness (QED) is 0.725. The van der Waals surface area contributed by atoms with Crippen LogP contribution in [0.1, 0.15) is 36.4 Å². The minimum atomic E-state index is -0.549. The molecule has 116 valence electrons. The molecule has 1 saturated heterocycles. The molecule has 2 aliphatic rings. The van der Waals surface area contributed by atoms with E-state index >= 15 is 0 Å². The molecule has 0 spiro atoms. The van der Waals surface area contributed by atoms with Gasteiger partial charge in [-0.2, -0.15) is 5.10 Å². The maximum absolute atomic E-state index is 12.2. The van der Waals surface area contributed by atoms with Crippen molar-refractivity contribution in [1.82, 2.24) is 20.0 Å². The van der Waals surface area contributed by atoms with Crippen molar-refractivity contribution in [2.24, 2.45) is 7.05 Å². The Morgan fingerprint density at radius 1 is 1.52 bits per heavy atom. The summed E-state index contributed by atoms with van der Waals surface area (Å²) in [5.41, 5.74) is 2.25. The van der Waals surface area contributed by atoms with E-state index in [4.69, 9.17) is 0 Å². The monoisotopic (exact) mass is 294 g/mol. The lowest BCUT2D eigenvalue weighted by molar-refractivity contribution is 0.154. The Balaban J connectivity index is 1.62. The van der Waals surface area contributed by atoms with E-state index in [0.29, 0.717) is 18.9 Å². The Labute approximate surface area is 123 Å². The summed E-state index contributed by atoms with van der Waals surface area (Å²) in [6.45, 7) is 0.577. The zero-order valence-electron chi connectivity index (χ0n) is 12.2. The summed E-state index contributed by atoms with van der Waals surface area (Å²) in [5.74, 6) is 0.587. The van der Waals surface area contributed by atoms with Crippen molar-refractivity contribution >= 4 is 6.03 Å². The van der Waals surface area contributed by atoms with Gasteiger partial charge < -0.3 is 20.4 Å². The number of nitrogens with zero attached hydrogens (tertiary/aromatic N) is 3. The molecule has 0 aromatic carbocycles. The molecule has 2 fully saturated rings. The van der Waals surface area contributed by atoms with Crippen LogP contribution in [0.3, 0.4) is 0 Å². The third-order valence-electron chi connectivity index (χ3n) is 4.38. The van der Waals surface area contributed by atoms with Gasteiger partial charge in [-0.1, -0.05) is 0 Å². The zero-order chi connectivity index (χ0) is 15.0. The fraction of sp³-hybridized carbons (Fsp3) is 0.714. The third kappa shape index (κ3) is 2.89. The van der Waals surface area contributed by atoms with Crippen molar-refractivity contribution in [2.45, 2.75) is 43.9 Å². The van der Waals surface area contributed by atoms with E-state index in [2.05, 4.69) is 10.4 Å². The maximum Gasteiger partial charge on any atom is 0.318 e. The lowest BCUT2D eigenvalue weighted by Crippen LogP contribution is -2.44. The van der Waals surface area contributed by atoms with Crippen molar-refractivity contribution in [3.05, 3.63) is 17.5 Å². The number of hydrogen-bond donors (Lipinski definition) is 3. The number of aryl methyl sites for hydroxylation is 1. The first-order chi connectivity index (χ1) is 10.1. The van der Waals surface area contributed by atoms with Crippen LogP contribution in [-0.4, -0.2) is 56.2 Å². The van der Waals surface area contributed by atoms with E-state index in [9.17, 15) is 15.0 Å². The van der Waals surface area contributed by atoms with Gasteiger partial charge in [-0.3, -0.25) is 4.68 Å². The molecule has 1 saturated carbocycles. The van der Waals surface area contributed by atoms with E-state index in [1.165, 1.54) is 23.3 Å². The summed E-state index contributed by atoms with van der Waals surface area (Å²) in [6, 6.07) is -0.539. The first kappa shape index (κ1) is 14.3. The molecule has 0 unspecified atom stereocenters. The van der Waals surface area contributed by atoms with Gasteiger partial charge in [-0.15, -0.1) is 0 Å². The first-order valence-electron chi connectivity index (χ1n) is 7.44. The molecule has 7 heteroatoms. The molecule has 21 heavy (non-hydrogen) atoms. The van der Waals surface area contributed by atoms with Crippen molar-refractivity contribution in [3.8, 4) is 0 Å². The number of β-amino-alcohol motifs (C(OH)–C–C–N with tert-alkyl or cyclic N) is 1. The molecule has 1 aliphatic heterocycles. The van der Waals surface area contributed by atoms with Crippen LogP contribution in [0.4, 0.5) is 4.79 Å². The molecule has 2 amide bonds. The van der Waals surface area contributed by atoms with Crippen molar-refractivity contribution < 1.29 is 15.0 Å². The van der Waals surface area contributed by atoms with E-state index in [0.717, 1.165) is 5.69 Å². The largest absolute Gasteiger partial charge is 0.394 e. The second kappa shape index (κ2) is 5.65. The number of aliphatic hydroxyl groups is 2. The zero-order valence-corrected chi connectivity index (χ0v) is 12.2. The molecule has 0 bridgehead atoms. The Bertz CT molecular complexity index is 526. The van der Waals surface area contributed by atoms with Gasteiger partial charge >= 0.3 is 6.03 Å². The molecule has 2 atom stereocenters. The summed E-state index contributed by atoms with van der Waals surface area (Å²) in [4.78, 5) is 13.7. The van der Waals surface area contributed by atoms with Gasteiger partial charge in [0.2, 0.25) is 0 Å². The summed E-state index contributed by atoms with van der Waals surface area (Å²) in [6.07, 6.45) is 4.15. The van der Waals surface area contributed by atoms with Crippen molar-refractivity contribution in [1.29, 1.82) is 0 Å². The molecule has 1 aromatic heterocycles. The van der Waals surface area contributed by atoms with Gasteiger partial charge in [-0.25, -0.2) is 4.79 Å². The molecule has 2 heterocycles. The number of nitrogens with one attached hydrogen (secondary N) is 1. The molecule has 0 radical (unpaired) electrons. The van der Waals surface area contributed by atoms with Crippen LogP contribution in [0.15, 0.2) is 6.20 Å². The molecule has 3 N–H and O–H groups in total. The summed E-state index contributed by atoms with van der Waals surface area (Å²) in [5, 5.41) is 26.1. The molecule has 1 aromatic rings. The number of aliphatic hydroxyl groups excluding tert-OH is 2. The molecule has 1 aliphatic carbocycles. The highest BCUT2D eigenvalue weighted by Crippen LogP contribution is 2.41. The van der Waals surface area contributed by atoms with Crippen LogP contribution in [0.25, 0.3) is 0 Å². The van der Waals surface area contributed by atoms with E-state index < -0.39 is 6.10 Å². The Kier molecular flexibility index (Phi) is 3.86. The van der Waals surface area contributed by atoms with Gasteiger partial charge in [0.1, 0.15) is 0 Å². The summed E-state index contributed by atoms with van der Waals surface area (Å²) in [7, 11) is 1.88. The van der Waals surface area contributed by atoms with E-state index in [1.807, 2.05) is 13.2 Å². The van der Waals surface area contributed by atoms with Crippen LogP contribution in [0.5, 0.6) is 0 Å². The lowest BCUT2D eigenvalue weighted by atomic mass is 10.1. The number of likely N-dealkylation sites (tertiary alicyclic amines) is 1. The van der Waals surface area contributed by atoms with Crippen LogP contribution < -0.4 is 5.32 Å². The summed E-state index contributed by atoms with van der Waals surface area (Å²) < 4.78 is 1.80. The lowest BCUT2D eigenvalue weighted by Gasteiger charge is -2.23. The SMILES string of the molecule is Cn1ncc(C2CC2)c1CNC(=O)N1C[C@H](O)C[C@H]1CO. The first-order valence-corrected chi connectivity index (χ1v) is 7.44. The maximum atomic E-state index is 12.2. The second-order valence-corrected chi connectivity index (χ2v) is 5.98. The molecular weight excluding hydrogens is 272 g/mol. The van der Waals surface area contributed by atoms with Crippen molar-refractivity contribution in [2.75, 3.05) is 13.2 Å². The fourth-order valence-corrected chi connectivity index (χ4v) is 3.01. The minimum Gasteiger partial charge on any atom is -0.394 e. The molecule has 3 rings (SSSR count). The average molecular weight is 294 g/mol. The molecular formula is C14H22N4O3. The normalized spacial score (nSPS) is 25.4. The highest BCUT2D eigenvalue weighted by atomic mass is 16.3. The van der Waals surface area contributed by atoms with Crippen LogP contribution in [-0.2, 0) is 13.6 Å². The van der Waals surface area contributed by atoms with Crippen LogP contribution >= 0.6 is 0 Å². The number of carbonyl (C=O) groups is 1. The molecule has 7 nitrogen and oxygen atoms in total. The second-order valence-electron chi connectivity index (χ2n) is 5.98. The smallest absolute Gasteiger partial charge is 0.318 e. The van der Waals surface area contributed by atoms with Crippen LogP contribution in [0.2, 0.25) is 0 Å². The fourth-order valence-electron chi connectivity index (χ4n) is 3.01. The van der Waals surface area contributed by atoms with Gasteiger partial charge in [0.05, 0.1) is 37.2 Å². The number of amides is 2. The van der Waals surface area contributed by atoms with Gasteiger partial charge in [0, 0.05) is 13.6 Å². The highest BCUT2D eigenvalue weighted by molar-refractivity contribution is 5.75. The number of rotatable bonds is 4. The Hall–Kier alpha value is -1.60. The average Bonchev–Trinajstić information content (AvgIpc) is 3.14. The standard InChI is InChI=1S/C14H22N4O3/c1-17-13(12(5-16-17)9-2-3-9)6-15-14(21)18-7-11(20)4-10(18)8-19/h5,9-11,19-20H,2-4,6-8H2,1H3,(H,15,21)/t10-,11+/m0/s1. The summed E-state index contributed by atoms with van der Waals surface area (Å²) >= 11 is 0. The van der Waals surface area contributed by atoms with Gasteiger partial charge in [0.15, 0.2) is 0 Å².